The van der Waals surface area contributed by atoms with E-state index < -0.39 is 35.5 Å². The maximum absolute atomic E-state index is 12.4. The SMILES string of the molecule is CC(=Cc1ccccc1)C=C1SC(=O)N(C(CC(=O)O)C(=O)O)C1=O. The van der Waals surface area contributed by atoms with Gasteiger partial charge < -0.3 is 10.2 Å². The maximum atomic E-state index is 12.4. The molecule has 1 fully saturated rings. The number of carbonyl (C=O) groups excluding carboxylic acids is 2. The van der Waals surface area contributed by atoms with E-state index in [1.165, 1.54) is 6.08 Å². The molecule has 8 heteroatoms. The summed E-state index contributed by atoms with van der Waals surface area (Å²) in [6.07, 6.45) is 2.44. The van der Waals surface area contributed by atoms with Gasteiger partial charge in [0.15, 0.2) is 0 Å². The molecule has 7 nitrogen and oxygen atoms in total. The van der Waals surface area contributed by atoms with Crippen LogP contribution in [0.2, 0.25) is 0 Å². The third-order valence-corrected chi connectivity index (χ3v) is 4.22. The summed E-state index contributed by atoms with van der Waals surface area (Å²) in [5, 5.41) is 17.1. The molecule has 1 atom stereocenters. The van der Waals surface area contributed by atoms with Gasteiger partial charge in [-0.2, -0.15) is 0 Å². The molecule has 0 aromatic heterocycles. The van der Waals surface area contributed by atoms with E-state index in [4.69, 9.17) is 10.2 Å². The van der Waals surface area contributed by atoms with Crippen LogP contribution < -0.4 is 0 Å². The molecule has 0 aliphatic carbocycles. The number of imide groups is 1. The second-order valence-corrected chi connectivity index (χ2v) is 6.30. The van der Waals surface area contributed by atoms with Crippen LogP contribution in [0.25, 0.3) is 6.08 Å². The first-order valence-corrected chi connectivity index (χ1v) is 8.06. The largest absolute Gasteiger partial charge is 0.481 e. The van der Waals surface area contributed by atoms with E-state index in [2.05, 4.69) is 0 Å². The van der Waals surface area contributed by atoms with Gasteiger partial charge in [-0.3, -0.25) is 19.3 Å². The van der Waals surface area contributed by atoms with Crippen molar-refractivity contribution in [3.8, 4) is 0 Å². The predicted octanol–water partition coefficient (Wildman–Crippen LogP) is 2.60. The highest BCUT2D eigenvalue weighted by molar-refractivity contribution is 8.18. The monoisotopic (exact) mass is 361 g/mol. The van der Waals surface area contributed by atoms with Crippen molar-refractivity contribution in [2.45, 2.75) is 19.4 Å². The highest BCUT2D eigenvalue weighted by atomic mass is 32.2. The molecule has 2 N–H and O–H groups in total. The topological polar surface area (TPSA) is 112 Å². The quantitative estimate of drug-likeness (QED) is 0.749. The Hall–Kier alpha value is -2.87. The molecular formula is C17H15NO6S. The van der Waals surface area contributed by atoms with Gasteiger partial charge in [0.05, 0.1) is 11.3 Å². The standard InChI is InChI=1S/C17H15NO6S/c1-10(7-11-5-3-2-4-6-11)8-13-15(21)18(17(24)25-13)12(16(22)23)9-14(19)20/h2-8,12H,9H2,1H3,(H,19,20)(H,22,23). The van der Waals surface area contributed by atoms with Crippen molar-refractivity contribution >= 4 is 40.9 Å². The number of benzene rings is 1. The van der Waals surface area contributed by atoms with Gasteiger partial charge in [0.1, 0.15) is 6.04 Å². The number of hydrogen-bond donors (Lipinski definition) is 2. The number of aliphatic carboxylic acids is 2. The zero-order chi connectivity index (χ0) is 18.6. The van der Waals surface area contributed by atoms with Crippen LogP contribution in [0.15, 0.2) is 46.9 Å². The Bertz CT molecular complexity index is 784. The Balaban J connectivity index is 2.26. The Kier molecular flexibility index (Phi) is 5.76. The van der Waals surface area contributed by atoms with Gasteiger partial charge in [-0.05, 0) is 35.9 Å². The molecule has 2 amide bonds. The molecule has 1 saturated heterocycles. The Morgan fingerprint density at radius 2 is 1.84 bits per heavy atom. The van der Waals surface area contributed by atoms with E-state index in [1.807, 2.05) is 30.3 Å². The minimum Gasteiger partial charge on any atom is -0.481 e. The molecule has 1 unspecified atom stereocenters. The summed E-state index contributed by atoms with van der Waals surface area (Å²) in [6.45, 7) is 1.74. The number of carboxylic acid groups (broad SMARTS) is 2. The zero-order valence-electron chi connectivity index (χ0n) is 13.2. The smallest absolute Gasteiger partial charge is 0.327 e. The molecule has 0 saturated carbocycles. The summed E-state index contributed by atoms with van der Waals surface area (Å²) in [4.78, 5) is 47.0. The summed E-state index contributed by atoms with van der Waals surface area (Å²) in [5.41, 5.74) is 1.60. The number of allylic oxidation sites excluding steroid dienone is 2. The van der Waals surface area contributed by atoms with Gasteiger partial charge in [-0.25, -0.2) is 4.79 Å². The number of rotatable bonds is 6. The Morgan fingerprint density at radius 3 is 2.40 bits per heavy atom. The van der Waals surface area contributed by atoms with Gasteiger partial charge in [-0.15, -0.1) is 0 Å². The molecule has 1 aliphatic rings. The van der Waals surface area contributed by atoms with E-state index in [-0.39, 0.29) is 4.91 Å². The summed E-state index contributed by atoms with van der Waals surface area (Å²) in [5.74, 6) is -3.75. The third-order valence-electron chi connectivity index (χ3n) is 3.34. The van der Waals surface area contributed by atoms with Crippen LogP contribution in [-0.4, -0.2) is 44.2 Å². The van der Waals surface area contributed by atoms with Crippen LogP contribution in [-0.2, 0) is 14.4 Å². The van der Waals surface area contributed by atoms with Crippen LogP contribution in [0.1, 0.15) is 18.9 Å². The first-order chi connectivity index (χ1) is 11.8. The summed E-state index contributed by atoms with van der Waals surface area (Å²) in [6, 6.07) is 7.60. The van der Waals surface area contributed by atoms with Crippen LogP contribution in [0, 0.1) is 0 Å². The number of thioether (sulfide) groups is 1. The lowest BCUT2D eigenvalue weighted by Gasteiger charge is -2.19. The average Bonchev–Trinajstić information content (AvgIpc) is 2.79. The zero-order valence-corrected chi connectivity index (χ0v) is 14.0. The molecule has 1 aromatic rings. The van der Waals surface area contributed by atoms with Crippen molar-refractivity contribution in [3.63, 3.8) is 0 Å². The number of amides is 2. The molecule has 1 aromatic carbocycles. The first-order valence-electron chi connectivity index (χ1n) is 7.24. The van der Waals surface area contributed by atoms with Gasteiger partial charge >= 0.3 is 11.9 Å². The molecule has 1 aliphatic heterocycles. The molecule has 25 heavy (non-hydrogen) atoms. The molecule has 0 spiro atoms. The summed E-state index contributed by atoms with van der Waals surface area (Å²) in [7, 11) is 0. The third kappa shape index (κ3) is 4.57. The maximum Gasteiger partial charge on any atom is 0.327 e. The molecule has 130 valence electrons. The van der Waals surface area contributed by atoms with Crippen LogP contribution in [0.5, 0.6) is 0 Å². The van der Waals surface area contributed by atoms with Crippen molar-refractivity contribution in [3.05, 3.63) is 52.4 Å². The minimum absolute atomic E-state index is 0.0614. The molecule has 0 bridgehead atoms. The van der Waals surface area contributed by atoms with E-state index in [1.54, 1.807) is 13.0 Å². The van der Waals surface area contributed by atoms with E-state index in [9.17, 15) is 19.2 Å². The molecule has 1 heterocycles. The lowest BCUT2D eigenvalue weighted by atomic mass is 10.1. The van der Waals surface area contributed by atoms with Gasteiger partial charge in [-0.1, -0.05) is 36.4 Å². The van der Waals surface area contributed by atoms with E-state index in [0.29, 0.717) is 22.2 Å². The second kappa shape index (κ2) is 7.80. The number of carboxylic acids is 2. The number of hydrogen-bond acceptors (Lipinski definition) is 5. The minimum atomic E-state index is -1.73. The summed E-state index contributed by atoms with van der Waals surface area (Å²) < 4.78 is 0. The lowest BCUT2D eigenvalue weighted by molar-refractivity contribution is -0.150. The highest BCUT2D eigenvalue weighted by Crippen LogP contribution is 2.34. The second-order valence-electron chi connectivity index (χ2n) is 5.30. The summed E-state index contributed by atoms with van der Waals surface area (Å²) >= 11 is 0.595. The molecule has 0 radical (unpaired) electrons. The predicted molar refractivity (Wildman–Crippen MR) is 91.7 cm³/mol. The number of carbonyl (C=O) groups is 4. The fourth-order valence-corrected chi connectivity index (χ4v) is 3.19. The van der Waals surface area contributed by atoms with Crippen molar-refractivity contribution in [2.24, 2.45) is 0 Å². The molecule has 2 rings (SSSR count). The van der Waals surface area contributed by atoms with Crippen LogP contribution in [0.4, 0.5) is 4.79 Å². The van der Waals surface area contributed by atoms with Crippen molar-refractivity contribution < 1.29 is 29.4 Å². The highest BCUT2D eigenvalue weighted by Gasteiger charge is 2.43. The fraction of sp³-hybridized carbons (Fsp3) is 0.176. The van der Waals surface area contributed by atoms with Crippen molar-refractivity contribution in [1.29, 1.82) is 0 Å². The first kappa shape index (κ1) is 18.5. The lowest BCUT2D eigenvalue weighted by Crippen LogP contribution is -2.45. The van der Waals surface area contributed by atoms with Crippen molar-refractivity contribution in [1.82, 2.24) is 4.90 Å². The normalized spacial score (nSPS) is 17.9. The van der Waals surface area contributed by atoms with Gasteiger partial charge in [0.25, 0.3) is 11.1 Å². The van der Waals surface area contributed by atoms with Crippen LogP contribution in [0.3, 0.4) is 0 Å². The van der Waals surface area contributed by atoms with E-state index in [0.717, 1.165) is 5.56 Å². The van der Waals surface area contributed by atoms with E-state index >= 15 is 0 Å². The number of nitrogens with zero attached hydrogens (tertiary/aromatic N) is 1. The fourth-order valence-electron chi connectivity index (χ4n) is 2.26. The average molecular weight is 361 g/mol. The van der Waals surface area contributed by atoms with Crippen LogP contribution >= 0.6 is 11.8 Å². The Morgan fingerprint density at radius 1 is 1.20 bits per heavy atom. The van der Waals surface area contributed by atoms with Crippen molar-refractivity contribution in [2.75, 3.05) is 0 Å². The Labute approximate surface area is 147 Å². The molecular weight excluding hydrogens is 346 g/mol. The van der Waals surface area contributed by atoms with Gasteiger partial charge in [0.2, 0.25) is 0 Å². The van der Waals surface area contributed by atoms with Gasteiger partial charge in [0, 0.05) is 0 Å².